The summed E-state index contributed by atoms with van der Waals surface area (Å²) >= 11 is 0. The monoisotopic (exact) mass is 193 g/mol. The topological polar surface area (TPSA) is 44.0 Å². The van der Waals surface area contributed by atoms with Crippen molar-refractivity contribution in [1.29, 1.82) is 5.26 Å². The van der Waals surface area contributed by atoms with Gasteiger partial charge in [0.05, 0.1) is 12.2 Å². The first kappa shape index (κ1) is 11.3. The second kappa shape index (κ2) is 5.82. The van der Waals surface area contributed by atoms with Crippen LogP contribution in [0.5, 0.6) is 0 Å². The molecule has 3 atom stereocenters. The van der Waals surface area contributed by atoms with Gasteiger partial charge in [-0.05, 0) is 37.5 Å². The number of aliphatic hydroxyl groups excluding tert-OH is 1. The van der Waals surface area contributed by atoms with Crippen LogP contribution >= 0.6 is 0 Å². The van der Waals surface area contributed by atoms with Crippen molar-refractivity contribution in [1.82, 2.24) is 0 Å². The van der Waals surface area contributed by atoms with Crippen LogP contribution in [-0.2, 0) is 0 Å². The molecule has 0 spiro atoms. The Morgan fingerprint density at radius 3 is 2.86 bits per heavy atom. The quantitative estimate of drug-likeness (QED) is 0.697. The molecule has 1 aliphatic rings. The molecule has 0 radical (unpaired) electrons. The van der Waals surface area contributed by atoms with E-state index < -0.39 is 0 Å². The minimum absolute atomic E-state index is 0.185. The number of rotatable bonds is 4. The van der Waals surface area contributed by atoms with Gasteiger partial charge in [0.15, 0.2) is 0 Å². The number of aliphatic hydroxyl groups is 1. The molecule has 1 N–H and O–H groups in total. The Morgan fingerprint density at radius 2 is 2.21 bits per heavy atom. The summed E-state index contributed by atoms with van der Waals surface area (Å²) in [6.07, 6.45) is 8.55. The third-order valence-corrected chi connectivity index (χ3v) is 3.10. The summed E-state index contributed by atoms with van der Waals surface area (Å²) < 4.78 is 0. The average Bonchev–Trinajstić information content (AvgIpc) is 2.50. The van der Waals surface area contributed by atoms with Crippen LogP contribution in [0.4, 0.5) is 0 Å². The standard InChI is InChI=1S/C12H19NO/c1-2-3-4-5-11-10(8-9-13)6-7-12(11)14/h3-4,10-12,14H,2,5-8H2,1H3/b4-3-/t10-,11+,12-/m0/s1. The Hall–Kier alpha value is -0.810. The largest absolute Gasteiger partial charge is 0.393 e. The van der Waals surface area contributed by atoms with Gasteiger partial charge in [-0.15, -0.1) is 0 Å². The molecule has 78 valence electrons. The predicted molar refractivity (Wildman–Crippen MR) is 56.5 cm³/mol. The first-order valence-corrected chi connectivity index (χ1v) is 5.49. The van der Waals surface area contributed by atoms with E-state index in [1.54, 1.807) is 0 Å². The van der Waals surface area contributed by atoms with Crippen molar-refractivity contribution in [3.05, 3.63) is 12.2 Å². The predicted octanol–water partition coefficient (Wildman–Crippen LogP) is 2.64. The van der Waals surface area contributed by atoms with Gasteiger partial charge in [0, 0.05) is 6.42 Å². The summed E-state index contributed by atoms with van der Waals surface area (Å²) in [7, 11) is 0. The van der Waals surface area contributed by atoms with E-state index in [1.807, 2.05) is 0 Å². The highest BCUT2D eigenvalue weighted by atomic mass is 16.3. The van der Waals surface area contributed by atoms with E-state index in [0.717, 1.165) is 25.7 Å². The van der Waals surface area contributed by atoms with Crippen molar-refractivity contribution in [2.45, 2.75) is 45.1 Å². The van der Waals surface area contributed by atoms with Crippen molar-refractivity contribution >= 4 is 0 Å². The van der Waals surface area contributed by atoms with Crippen LogP contribution in [-0.4, -0.2) is 11.2 Å². The normalized spacial score (nSPS) is 32.2. The lowest BCUT2D eigenvalue weighted by Gasteiger charge is -2.18. The molecule has 1 saturated carbocycles. The van der Waals surface area contributed by atoms with Gasteiger partial charge in [-0.25, -0.2) is 0 Å². The fourth-order valence-corrected chi connectivity index (χ4v) is 2.27. The molecule has 1 rings (SSSR count). The lowest BCUT2D eigenvalue weighted by molar-refractivity contribution is 0.119. The van der Waals surface area contributed by atoms with E-state index in [1.165, 1.54) is 0 Å². The molecule has 0 aliphatic heterocycles. The fraction of sp³-hybridized carbons (Fsp3) is 0.750. The molecule has 0 unspecified atom stereocenters. The zero-order chi connectivity index (χ0) is 10.4. The highest BCUT2D eigenvalue weighted by molar-refractivity contribution is 4.94. The van der Waals surface area contributed by atoms with E-state index >= 15 is 0 Å². The van der Waals surface area contributed by atoms with Crippen molar-refractivity contribution in [3.63, 3.8) is 0 Å². The number of nitrogens with zero attached hydrogens (tertiary/aromatic N) is 1. The van der Waals surface area contributed by atoms with Gasteiger partial charge in [0.25, 0.3) is 0 Å². The summed E-state index contributed by atoms with van der Waals surface area (Å²) in [6, 6.07) is 2.22. The van der Waals surface area contributed by atoms with Gasteiger partial charge in [0.2, 0.25) is 0 Å². The van der Waals surface area contributed by atoms with E-state index in [-0.39, 0.29) is 6.10 Å². The maximum Gasteiger partial charge on any atom is 0.0624 e. The molecule has 0 aromatic heterocycles. The summed E-state index contributed by atoms with van der Waals surface area (Å²) in [5.74, 6) is 0.731. The van der Waals surface area contributed by atoms with Gasteiger partial charge in [-0.3, -0.25) is 0 Å². The minimum atomic E-state index is -0.185. The average molecular weight is 193 g/mol. The maximum atomic E-state index is 9.74. The first-order valence-electron chi connectivity index (χ1n) is 5.49. The van der Waals surface area contributed by atoms with Gasteiger partial charge in [0.1, 0.15) is 0 Å². The first-order chi connectivity index (χ1) is 6.79. The molecule has 0 aromatic rings. The highest BCUT2D eigenvalue weighted by Gasteiger charge is 2.33. The van der Waals surface area contributed by atoms with Gasteiger partial charge in [-0.2, -0.15) is 5.26 Å². The lowest BCUT2D eigenvalue weighted by atomic mass is 9.89. The summed E-state index contributed by atoms with van der Waals surface area (Å²) in [6.45, 7) is 2.11. The molecule has 0 aromatic carbocycles. The molecular formula is C12H19NO. The van der Waals surface area contributed by atoms with E-state index in [4.69, 9.17) is 5.26 Å². The molecule has 0 amide bonds. The molecule has 0 bridgehead atoms. The van der Waals surface area contributed by atoms with Crippen LogP contribution in [0.15, 0.2) is 12.2 Å². The van der Waals surface area contributed by atoms with Gasteiger partial charge in [-0.1, -0.05) is 19.1 Å². The van der Waals surface area contributed by atoms with Crippen LogP contribution in [0, 0.1) is 23.2 Å². The lowest BCUT2D eigenvalue weighted by Crippen LogP contribution is -2.18. The molecule has 0 saturated heterocycles. The molecule has 2 nitrogen and oxygen atoms in total. The number of hydrogen-bond acceptors (Lipinski definition) is 2. The molecule has 14 heavy (non-hydrogen) atoms. The van der Waals surface area contributed by atoms with E-state index in [9.17, 15) is 5.11 Å². The minimum Gasteiger partial charge on any atom is -0.393 e. The zero-order valence-electron chi connectivity index (χ0n) is 8.82. The van der Waals surface area contributed by atoms with Gasteiger partial charge < -0.3 is 5.11 Å². The van der Waals surface area contributed by atoms with Crippen molar-refractivity contribution < 1.29 is 5.11 Å². The van der Waals surface area contributed by atoms with Gasteiger partial charge >= 0.3 is 0 Å². The summed E-state index contributed by atoms with van der Waals surface area (Å²) in [5.41, 5.74) is 0. The molecule has 1 aliphatic carbocycles. The Bertz CT molecular complexity index is 229. The van der Waals surface area contributed by atoms with Crippen molar-refractivity contribution in [2.24, 2.45) is 11.8 Å². The second-order valence-corrected chi connectivity index (χ2v) is 4.05. The number of nitriles is 1. The van der Waals surface area contributed by atoms with Crippen LogP contribution in [0.3, 0.4) is 0 Å². The van der Waals surface area contributed by atoms with Crippen LogP contribution in [0.1, 0.15) is 39.0 Å². The Morgan fingerprint density at radius 1 is 1.43 bits per heavy atom. The Balaban J connectivity index is 2.45. The van der Waals surface area contributed by atoms with E-state index in [2.05, 4.69) is 25.1 Å². The second-order valence-electron chi connectivity index (χ2n) is 4.05. The Labute approximate surface area is 86.2 Å². The van der Waals surface area contributed by atoms with E-state index in [0.29, 0.717) is 18.3 Å². The van der Waals surface area contributed by atoms with Crippen LogP contribution in [0.2, 0.25) is 0 Å². The molecule has 1 fully saturated rings. The fourth-order valence-electron chi connectivity index (χ4n) is 2.27. The summed E-state index contributed by atoms with van der Waals surface area (Å²) in [4.78, 5) is 0. The maximum absolute atomic E-state index is 9.74. The Kier molecular flexibility index (Phi) is 4.69. The van der Waals surface area contributed by atoms with Crippen LogP contribution in [0.25, 0.3) is 0 Å². The summed E-state index contributed by atoms with van der Waals surface area (Å²) in [5, 5.41) is 18.4. The molecule has 0 heterocycles. The van der Waals surface area contributed by atoms with Crippen molar-refractivity contribution in [3.8, 4) is 6.07 Å². The number of allylic oxidation sites excluding steroid dienone is 2. The molecule has 2 heteroatoms. The third kappa shape index (κ3) is 2.85. The highest BCUT2D eigenvalue weighted by Crippen LogP contribution is 2.36. The SMILES string of the molecule is CC/C=C\C[C@@H]1[C@H](CC#N)CC[C@@H]1O. The third-order valence-electron chi connectivity index (χ3n) is 3.10. The zero-order valence-corrected chi connectivity index (χ0v) is 8.82. The molecular weight excluding hydrogens is 174 g/mol. The smallest absolute Gasteiger partial charge is 0.0624 e. The number of hydrogen-bond donors (Lipinski definition) is 1. The van der Waals surface area contributed by atoms with Crippen LogP contribution < -0.4 is 0 Å². The van der Waals surface area contributed by atoms with Crippen molar-refractivity contribution in [2.75, 3.05) is 0 Å².